The molecule has 8 atom stereocenters. The van der Waals surface area contributed by atoms with E-state index in [-0.39, 0.29) is 34.2 Å². The highest BCUT2D eigenvalue weighted by molar-refractivity contribution is 5.40. The molecule has 0 saturated heterocycles. The van der Waals surface area contributed by atoms with Crippen molar-refractivity contribution in [1.82, 2.24) is 0 Å². The van der Waals surface area contributed by atoms with Crippen molar-refractivity contribution < 1.29 is 15.3 Å². The molecule has 0 amide bonds. The molecule has 0 aliphatic heterocycles. The average Bonchev–Trinajstić information content (AvgIpc) is 2.99. The van der Waals surface area contributed by atoms with Crippen molar-refractivity contribution >= 4 is 0 Å². The molecule has 188 valence electrons. The van der Waals surface area contributed by atoms with E-state index in [1.54, 1.807) is 11.1 Å². The smallest absolute Gasteiger partial charge is 0.0771 e. The van der Waals surface area contributed by atoms with Gasteiger partial charge in [0.1, 0.15) is 0 Å². The van der Waals surface area contributed by atoms with Crippen LogP contribution in [0.4, 0.5) is 0 Å². The van der Waals surface area contributed by atoms with Gasteiger partial charge < -0.3 is 15.3 Å². The summed E-state index contributed by atoms with van der Waals surface area (Å²) in [4.78, 5) is 0. The first-order chi connectivity index (χ1) is 15.0. The van der Waals surface area contributed by atoms with Crippen molar-refractivity contribution in [3.05, 3.63) is 23.3 Å². The highest BCUT2D eigenvalue weighted by Crippen LogP contribution is 2.70. The predicted octanol–water partition coefficient (Wildman–Crippen LogP) is 6.42. The monoisotopic (exact) mass is 458 g/mol. The lowest BCUT2D eigenvalue weighted by molar-refractivity contribution is -0.132. The van der Waals surface area contributed by atoms with Crippen LogP contribution in [-0.2, 0) is 0 Å². The van der Waals surface area contributed by atoms with E-state index >= 15 is 0 Å². The minimum Gasteiger partial charge on any atom is -0.393 e. The fraction of sp³-hybridized carbons (Fsp3) is 0.867. The van der Waals surface area contributed by atoms with Gasteiger partial charge in [-0.25, -0.2) is 0 Å². The normalized spacial score (nSPS) is 46.2. The van der Waals surface area contributed by atoms with Crippen LogP contribution in [0.15, 0.2) is 23.3 Å². The Morgan fingerprint density at radius 1 is 0.970 bits per heavy atom. The number of hydrogen-bond donors (Lipinski definition) is 3. The molecule has 0 aromatic heterocycles. The summed E-state index contributed by atoms with van der Waals surface area (Å²) in [5.74, 6) is 1.45. The third-order valence-electron chi connectivity index (χ3n) is 11.2. The first-order valence-electron chi connectivity index (χ1n) is 13.6. The quantitative estimate of drug-likeness (QED) is 0.426. The molecule has 0 aromatic rings. The Balaban J connectivity index is 1.61. The Morgan fingerprint density at radius 2 is 1.58 bits per heavy atom. The highest BCUT2D eigenvalue weighted by Gasteiger charge is 2.63. The lowest BCUT2D eigenvalue weighted by Crippen LogP contribution is -2.54. The molecule has 2 saturated carbocycles. The Kier molecular flexibility index (Phi) is 6.12. The Hall–Kier alpha value is -0.640. The second kappa shape index (κ2) is 7.93. The molecule has 0 radical (unpaired) electrons. The van der Waals surface area contributed by atoms with Gasteiger partial charge in [0.05, 0.1) is 17.3 Å². The maximum Gasteiger partial charge on any atom is 0.0771 e. The summed E-state index contributed by atoms with van der Waals surface area (Å²) in [6.45, 7) is 17.5. The van der Waals surface area contributed by atoms with Crippen LogP contribution in [0.2, 0.25) is 0 Å². The van der Waals surface area contributed by atoms with Crippen LogP contribution >= 0.6 is 0 Å². The number of rotatable bonds is 4. The van der Waals surface area contributed by atoms with Crippen LogP contribution in [0.5, 0.6) is 0 Å². The summed E-state index contributed by atoms with van der Waals surface area (Å²) in [6.07, 6.45) is 12.2. The van der Waals surface area contributed by atoms with Crippen molar-refractivity contribution in [2.45, 2.75) is 124 Å². The first kappa shape index (κ1) is 25.5. The predicted molar refractivity (Wildman–Crippen MR) is 136 cm³/mol. The number of fused-ring (bicyclic) bond motifs is 4. The zero-order valence-electron chi connectivity index (χ0n) is 22.5. The van der Waals surface area contributed by atoms with Crippen LogP contribution in [0, 0.1) is 39.9 Å². The maximum absolute atomic E-state index is 12.1. The molecule has 3 heteroatoms. The van der Waals surface area contributed by atoms with Gasteiger partial charge in [-0.15, -0.1) is 0 Å². The van der Waals surface area contributed by atoms with Gasteiger partial charge in [-0.3, -0.25) is 0 Å². The van der Waals surface area contributed by atoms with Gasteiger partial charge in [0.2, 0.25) is 0 Å². The van der Waals surface area contributed by atoms with Crippen LogP contribution in [0.3, 0.4) is 0 Å². The van der Waals surface area contributed by atoms with Crippen molar-refractivity contribution in [1.29, 1.82) is 0 Å². The number of aliphatic hydroxyl groups is 3. The Morgan fingerprint density at radius 3 is 2.21 bits per heavy atom. The topological polar surface area (TPSA) is 60.7 Å². The molecular formula is C30H50O3. The van der Waals surface area contributed by atoms with Crippen LogP contribution in [0.25, 0.3) is 0 Å². The minimum absolute atomic E-state index is 0.0490. The number of aliphatic hydroxyl groups excluding tert-OH is 1. The van der Waals surface area contributed by atoms with Gasteiger partial charge in [-0.2, -0.15) is 0 Å². The Bertz CT molecular complexity index is 828. The second-order valence-corrected chi connectivity index (χ2v) is 14.2. The first-order valence-corrected chi connectivity index (χ1v) is 13.6. The molecule has 4 aliphatic rings. The molecule has 0 heterocycles. The zero-order valence-corrected chi connectivity index (χ0v) is 22.5. The van der Waals surface area contributed by atoms with Crippen LogP contribution in [-0.4, -0.2) is 32.6 Å². The zero-order chi connectivity index (χ0) is 24.6. The summed E-state index contributed by atoms with van der Waals surface area (Å²) >= 11 is 0. The van der Waals surface area contributed by atoms with Gasteiger partial charge in [-0.05, 0) is 106 Å². The van der Waals surface area contributed by atoms with E-state index in [4.69, 9.17) is 0 Å². The SMILES string of the molecule is C[C@H](C/C=C/C(C)(C)O)[C@H]1CC[C@@]2(C)C3=C(C[C@H]2[C@]1(C)O)[C@@]1(C)CC[C@@H](O)C(C)(C)[C@@H]1CC3. The van der Waals surface area contributed by atoms with Gasteiger partial charge in [0, 0.05) is 5.92 Å². The van der Waals surface area contributed by atoms with E-state index in [2.05, 4.69) is 47.6 Å². The van der Waals surface area contributed by atoms with E-state index < -0.39 is 11.2 Å². The van der Waals surface area contributed by atoms with Crippen molar-refractivity contribution in [2.24, 2.45) is 39.9 Å². The molecule has 4 aliphatic carbocycles. The summed E-state index contributed by atoms with van der Waals surface area (Å²) in [5.41, 5.74) is 2.06. The Labute approximate surface area is 202 Å². The van der Waals surface area contributed by atoms with Crippen molar-refractivity contribution in [2.75, 3.05) is 0 Å². The van der Waals surface area contributed by atoms with E-state index in [0.717, 1.165) is 38.5 Å². The molecule has 0 bridgehead atoms. The largest absolute Gasteiger partial charge is 0.393 e. The number of allylic oxidation sites excluding steroid dienone is 3. The molecule has 4 rings (SSSR count). The third kappa shape index (κ3) is 3.89. The van der Waals surface area contributed by atoms with Gasteiger partial charge in [0.15, 0.2) is 0 Å². The van der Waals surface area contributed by atoms with Crippen LogP contribution in [0.1, 0.15) is 107 Å². The van der Waals surface area contributed by atoms with E-state index in [9.17, 15) is 15.3 Å². The fourth-order valence-electron chi connectivity index (χ4n) is 9.28. The molecule has 3 nitrogen and oxygen atoms in total. The minimum atomic E-state index is -0.783. The van der Waals surface area contributed by atoms with Crippen LogP contribution < -0.4 is 0 Å². The summed E-state index contributed by atoms with van der Waals surface area (Å²) in [5, 5.41) is 33.0. The van der Waals surface area contributed by atoms with Crippen molar-refractivity contribution in [3.63, 3.8) is 0 Å². The standard InChI is InChI=1S/C30H50O3/c1-19(10-9-15-26(2,3)32)20-13-16-28(6)21-11-12-23-27(4,5)25(31)14-17-29(23,7)22(21)18-24(28)30(20,8)33/h9,15,19-20,23-25,31-33H,10-14,16-18H2,1-8H3/b15-9+/t19-,20-,23+,24-,25-,28+,29-,30-/m1/s1. The van der Waals surface area contributed by atoms with E-state index in [1.807, 2.05) is 19.9 Å². The second-order valence-electron chi connectivity index (χ2n) is 14.2. The molecule has 0 aromatic carbocycles. The van der Waals surface area contributed by atoms with Gasteiger partial charge >= 0.3 is 0 Å². The van der Waals surface area contributed by atoms with Gasteiger partial charge in [-0.1, -0.05) is 57.9 Å². The lowest BCUT2D eigenvalue weighted by atomic mass is 9.49. The lowest BCUT2D eigenvalue weighted by Gasteiger charge is -2.57. The molecule has 33 heavy (non-hydrogen) atoms. The summed E-state index contributed by atoms with van der Waals surface area (Å²) in [6, 6.07) is 0. The average molecular weight is 459 g/mol. The summed E-state index contributed by atoms with van der Waals surface area (Å²) in [7, 11) is 0. The molecule has 0 unspecified atom stereocenters. The molecule has 0 spiro atoms. The molecule has 2 fully saturated rings. The summed E-state index contributed by atoms with van der Waals surface area (Å²) < 4.78 is 0. The highest BCUT2D eigenvalue weighted by atomic mass is 16.3. The number of hydrogen-bond acceptors (Lipinski definition) is 3. The molecule has 3 N–H and O–H groups in total. The van der Waals surface area contributed by atoms with E-state index in [1.165, 1.54) is 12.8 Å². The fourth-order valence-corrected chi connectivity index (χ4v) is 9.28. The van der Waals surface area contributed by atoms with E-state index in [0.29, 0.717) is 11.8 Å². The molecular weight excluding hydrogens is 408 g/mol. The van der Waals surface area contributed by atoms with Gasteiger partial charge in [0.25, 0.3) is 0 Å². The maximum atomic E-state index is 12.1. The third-order valence-corrected chi connectivity index (χ3v) is 11.2. The van der Waals surface area contributed by atoms with Crippen molar-refractivity contribution in [3.8, 4) is 0 Å².